The van der Waals surface area contributed by atoms with Gasteiger partial charge in [-0.1, -0.05) is 0 Å². The van der Waals surface area contributed by atoms with Crippen molar-refractivity contribution in [1.29, 1.82) is 0 Å². The first-order valence-corrected chi connectivity index (χ1v) is 9.88. The molecule has 0 saturated heterocycles. The van der Waals surface area contributed by atoms with Crippen molar-refractivity contribution < 1.29 is 18.3 Å². The van der Waals surface area contributed by atoms with Crippen molar-refractivity contribution in [1.82, 2.24) is 9.78 Å². The molecule has 1 aliphatic rings. The summed E-state index contributed by atoms with van der Waals surface area (Å²) in [6, 6.07) is 3.18. The van der Waals surface area contributed by atoms with Gasteiger partial charge in [0.15, 0.2) is 9.84 Å². The molecule has 0 unspecified atom stereocenters. The first-order chi connectivity index (χ1) is 11.6. The van der Waals surface area contributed by atoms with E-state index in [4.69, 9.17) is 0 Å². The molecule has 1 aliphatic carbocycles. The molecule has 25 heavy (non-hydrogen) atoms. The lowest BCUT2D eigenvalue weighted by atomic mass is 9.98. The van der Waals surface area contributed by atoms with E-state index in [2.05, 4.69) is 10.4 Å². The van der Waals surface area contributed by atoms with Crippen molar-refractivity contribution in [3.05, 3.63) is 34.5 Å². The number of aryl methyl sites for hydroxylation is 2. The summed E-state index contributed by atoms with van der Waals surface area (Å²) in [5.74, 6) is -0.578. The van der Waals surface area contributed by atoms with Crippen molar-refractivity contribution in [3.63, 3.8) is 0 Å². The molecule has 1 aromatic carbocycles. The van der Waals surface area contributed by atoms with Gasteiger partial charge in [0.25, 0.3) is 0 Å². The molecule has 134 valence electrons. The number of sulfone groups is 1. The predicted octanol–water partition coefficient (Wildman–Crippen LogP) is 1.95. The Labute approximate surface area is 146 Å². The maximum Gasteiger partial charge on any atom is 0.220 e. The minimum absolute atomic E-state index is 0.134. The molecule has 7 nitrogen and oxygen atoms in total. The number of rotatable bonds is 5. The zero-order valence-electron chi connectivity index (χ0n) is 14.6. The Morgan fingerprint density at radius 1 is 1.32 bits per heavy atom. The lowest BCUT2D eigenvalue weighted by molar-refractivity contribution is 0.103. The molecule has 1 saturated carbocycles. The fourth-order valence-electron chi connectivity index (χ4n) is 2.90. The number of carbonyl (C=O) groups is 1. The molecule has 0 amide bonds. The molecule has 0 aliphatic heterocycles. The normalized spacial score (nSPS) is 14.6. The molecule has 1 fully saturated rings. The number of ketones is 1. The number of aromatic hydroxyl groups is 1. The molecule has 2 aromatic rings. The SMILES string of the molecule is Cc1nn(C)c(O)c1C(=O)c1ccc(S(C)(=O)=O)c(NC2CC2)c1C. The number of anilines is 1. The highest BCUT2D eigenvalue weighted by atomic mass is 32.2. The molecule has 2 N–H and O–H groups in total. The van der Waals surface area contributed by atoms with Crippen LogP contribution in [-0.2, 0) is 16.9 Å². The van der Waals surface area contributed by atoms with E-state index >= 15 is 0 Å². The highest BCUT2D eigenvalue weighted by Crippen LogP contribution is 2.35. The number of hydrogen-bond acceptors (Lipinski definition) is 6. The van der Waals surface area contributed by atoms with Gasteiger partial charge in [0.2, 0.25) is 11.7 Å². The van der Waals surface area contributed by atoms with Crippen molar-refractivity contribution >= 4 is 21.3 Å². The molecule has 0 bridgehead atoms. The Morgan fingerprint density at radius 3 is 2.44 bits per heavy atom. The van der Waals surface area contributed by atoms with Gasteiger partial charge in [-0.05, 0) is 44.4 Å². The molecule has 0 radical (unpaired) electrons. The number of benzene rings is 1. The van der Waals surface area contributed by atoms with Crippen LogP contribution in [0.3, 0.4) is 0 Å². The summed E-state index contributed by atoms with van der Waals surface area (Å²) in [7, 11) is -1.88. The monoisotopic (exact) mass is 363 g/mol. The molecule has 1 heterocycles. The van der Waals surface area contributed by atoms with Crippen molar-refractivity contribution in [3.8, 4) is 5.88 Å². The minimum atomic E-state index is -3.43. The minimum Gasteiger partial charge on any atom is -0.493 e. The Balaban J connectivity index is 2.15. The van der Waals surface area contributed by atoms with Crippen LogP contribution in [0.5, 0.6) is 5.88 Å². The van der Waals surface area contributed by atoms with Gasteiger partial charge in [-0.3, -0.25) is 4.79 Å². The molecular formula is C17H21N3O4S. The van der Waals surface area contributed by atoms with Crippen LogP contribution in [0.2, 0.25) is 0 Å². The zero-order chi connectivity index (χ0) is 18.5. The van der Waals surface area contributed by atoms with Gasteiger partial charge in [0, 0.05) is 24.9 Å². The smallest absolute Gasteiger partial charge is 0.220 e. The van der Waals surface area contributed by atoms with Crippen LogP contribution in [-0.4, -0.2) is 41.4 Å². The van der Waals surface area contributed by atoms with Gasteiger partial charge in [-0.15, -0.1) is 0 Å². The number of nitrogens with zero attached hydrogens (tertiary/aromatic N) is 2. The predicted molar refractivity (Wildman–Crippen MR) is 94.0 cm³/mol. The summed E-state index contributed by atoms with van der Waals surface area (Å²) in [6.07, 6.45) is 3.10. The standard InChI is InChI=1S/C17H21N3O4S/c1-9-12(16(21)14-10(2)19-20(3)17(14)22)7-8-13(25(4,23)24)15(9)18-11-5-6-11/h7-8,11,18,22H,5-6H2,1-4H3. The summed E-state index contributed by atoms with van der Waals surface area (Å²) >= 11 is 0. The number of carbonyl (C=O) groups excluding carboxylic acids is 1. The van der Waals surface area contributed by atoms with Crippen LogP contribution in [0, 0.1) is 13.8 Å². The average molecular weight is 363 g/mol. The van der Waals surface area contributed by atoms with E-state index in [1.807, 2.05) is 0 Å². The van der Waals surface area contributed by atoms with Gasteiger partial charge in [0.1, 0.15) is 5.56 Å². The number of nitrogens with one attached hydrogen (secondary N) is 1. The van der Waals surface area contributed by atoms with E-state index in [1.54, 1.807) is 20.9 Å². The van der Waals surface area contributed by atoms with E-state index in [0.717, 1.165) is 19.1 Å². The van der Waals surface area contributed by atoms with Crippen LogP contribution in [0.15, 0.2) is 17.0 Å². The van der Waals surface area contributed by atoms with Gasteiger partial charge < -0.3 is 10.4 Å². The molecule has 0 spiro atoms. The first kappa shape index (κ1) is 17.5. The second-order valence-corrected chi connectivity index (χ2v) is 8.52. The third kappa shape index (κ3) is 3.13. The lowest BCUT2D eigenvalue weighted by Gasteiger charge is -2.16. The third-order valence-electron chi connectivity index (χ3n) is 4.42. The van der Waals surface area contributed by atoms with E-state index in [9.17, 15) is 18.3 Å². The average Bonchev–Trinajstić information content (AvgIpc) is 3.27. The highest BCUT2D eigenvalue weighted by Gasteiger charge is 2.29. The summed E-state index contributed by atoms with van der Waals surface area (Å²) in [5, 5.41) is 17.4. The fraction of sp³-hybridized carbons (Fsp3) is 0.412. The van der Waals surface area contributed by atoms with Crippen LogP contribution in [0.4, 0.5) is 5.69 Å². The fourth-order valence-corrected chi connectivity index (χ4v) is 3.80. The maximum atomic E-state index is 12.9. The van der Waals surface area contributed by atoms with E-state index in [-0.39, 0.29) is 28.2 Å². The van der Waals surface area contributed by atoms with Gasteiger partial charge in [0.05, 0.1) is 16.3 Å². The van der Waals surface area contributed by atoms with Gasteiger partial charge in [-0.25, -0.2) is 13.1 Å². The molecular weight excluding hydrogens is 342 g/mol. The van der Waals surface area contributed by atoms with Crippen LogP contribution in [0.1, 0.15) is 40.0 Å². The van der Waals surface area contributed by atoms with Crippen molar-refractivity contribution in [2.75, 3.05) is 11.6 Å². The van der Waals surface area contributed by atoms with Crippen molar-refractivity contribution in [2.45, 2.75) is 37.6 Å². The molecule has 1 aromatic heterocycles. The summed E-state index contributed by atoms with van der Waals surface area (Å²) in [4.78, 5) is 13.1. The second kappa shape index (κ2) is 5.87. The Hall–Kier alpha value is -2.35. The third-order valence-corrected chi connectivity index (χ3v) is 5.55. The molecule has 3 rings (SSSR count). The quantitative estimate of drug-likeness (QED) is 0.788. The van der Waals surface area contributed by atoms with Crippen LogP contribution < -0.4 is 5.32 Å². The second-order valence-electron chi connectivity index (χ2n) is 6.54. The Kier molecular flexibility index (Phi) is 4.10. The van der Waals surface area contributed by atoms with Crippen molar-refractivity contribution in [2.24, 2.45) is 7.05 Å². The number of aromatic nitrogens is 2. The molecule has 8 heteroatoms. The summed E-state index contributed by atoms with van der Waals surface area (Å²) < 4.78 is 25.4. The lowest BCUT2D eigenvalue weighted by Crippen LogP contribution is -2.13. The zero-order valence-corrected chi connectivity index (χ0v) is 15.4. The van der Waals surface area contributed by atoms with Crippen LogP contribution >= 0.6 is 0 Å². The topological polar surface area (TPSA) is 101 Å². The van der Waals surface area contributed by atoms with Gasteiger partial charge in [-0.2, -0.15) is 5.10 Å². The largest absolute Gasteiger partial charge is 0.493 e. The summed E-state index contributed by atoms with van der Waals surface area (Å²) in [6.45, 7) is 3.37. The van der Waals surface area contributed by atoms with Gasteiger partial charge >= 0.3 is 0 Å². The maximum absolute atomic E-state index is 12.9. The highest BCUT2D eigenvalue weighted by molar-refractivity contribution is 7.90. The first-order valence-electron chi connectivity index (χ1n) is 7.98. The summed E-state index contributed by atoms with van der Waals surface area (Å²) in [5.41, 5.74) is 1.93. The van der Waals surface area contributed by atoms with E-state index < -0.39 is 9.84 Å². The Morgan fingerprint density at radius 2 is 1.96 bits per heavy atom. The number of hydrogen-bond donors (Lipinski definition) is 2. The Bertz CT molecular complexity index is 972. The molecule has 0 atom stereocenters. The van der Waals surface area contributed by atoms with E-state index in [1.165, 1.54) is 16.8 Å². The van der Waals surface area contributed by atoms with E-state index in [0.29, 0.717) is 22.5 Å². The van der Waals surface area contributed by atoms with Crippen LogP contribution in [0.25, 0.3) is 0 Å².